The number of benzene rings is 2. The van der Waals surface area contributed by atoms with Crippen molar-refractivity contribution in [3.8, 4) is 5.75 Å². The summed E-state index contributed by atoms with van der Waals surface area (Å²) in [5.41, 5.74) is 4.74. The Hall–Kier alpha value is -3.13. The van der Waals surface area contributed by atoms with Gasteiger partial charge in [-0.15, -0.1) is 0 Å². The molecule has 0 fully saturated rings. The van der Waals surface area contributed by atoms with Crippen LogP contribution in [0.1, 0.15) is 17.3 Å². The molecule has 2 amide bonds. The van der Waals surface area contributed by atoms with Crippen molar-refractivity contribution in [2.45, 2.75) is 13.0 Å². The third-order valence-electron chi connectivity index (χ3n) is 3.14. The number of nitro benzene ring substituents is 1. The second kappa shape index (κ2) is 8.11. The second-order valence-electron chi connectivity index (χ2n) is 4.96. The second-order valence-corrected chi connectivity index (χ2v) is 5.40. The molecular weight excluding hydrogens is 350 g/mol. The van der Waals surface area contributed by atoms with E-state index in [1.54, 1.807) is 12.1 Å². The molecule has 0 aliphatic carbocycles. The molecule has 0 aliphatic rings. The third kappa shape index (κ3) is 5.18. The number of nitro groups is 1. The highest BCUT2D eigenvalue weighted by molar-refractivity contribution is 6.30. The van der Waals surface area contributed by atoms with Gasteiger partial charge in [0.1, 0.15) is 5.75 Å². The molecule has 25 heavy (non-hydrogen) atoms. The van der Waals surface area contributed by atoms with Gasteiger partial charge >= 0.3 is 0 Å². The molecule has 2 N–H and O–H groups in total. The Bertz CT molecular complexity index is 777. The van der Waals surface area contributed by atoms with E-state index in [2.05, 4.69) is 10.9 Å². The zero-order chi connectivity index (χ0) is 18.4. The molecule has 0 aliphatic heterocycles. The molecule has 130 valence electrons. The zero-order valence-electron chi connectivity index (χ0n) is 13.1. The molecule has 2 aromatic rings. The van der Waals surface area contributed by atoms with Crippen LogP contribution in [0.15, 0.2) is 48.5 Å². The number of hydrogen-bond acceptors (Lipinski definition) is 5. The van der Waals surface area contributed by atoms with Crippen LogP contribution in [0.25, 0.3) is 0 Å². The average Bonchev–Trinajstić information content (AvgIpc) is 2.60. The summed E-state index contributed by atoms with van der Waals surface area (Å²) in [6.45, 7) is 1.48. The van der Waals surface area contributed by atoms with Crippen LogP contribution in [0.2, 0.25) is 5.02 Å². The number of non-ortho nitro benzene ring substituents is 1. The molecular formula is C16H14ClN3O5. The topological polar surface area (TPSA) is 111 Å². The van der Waals surface area contributed by atoms with Crippen molar-refractivity contribution in [3.05, 3.63) is 69.2 Å². The summed E-state index contributed by atoms with van der Waals surface area (Å²) in [7, 11) is 0. The molecule has 2 aromatic carbocycles. The average molecular weight is 364 g/mol. The molecule has 0 aromatic heterocycles. The van der Waals surface area contributed by atoms with Gasteiger partial charge in [0, 0.05) is 22.7 Å². The lowest BCUT2D eigenvalue weighted by atomic mass is 10.2. The minimum Gasteiger partial charge on any atom is -0.481 e. The fraction of sp³-hybridized carbons (Fsp3) is 0.125. The first-order valence-corrected chi connectivity index (χ1v) is 7.51. The first-order valence-electron chi connectivity index (χ1n) is 7.13. The molecule has 0 saturated carbocycles. The SMILES string of the molecule is CC(Oc1ccc([N+](=O)[O-])cc1)C(=O)NNC(=O)c1ccc(Cl)cc1. The molecule has 0 heterocycles. The summed E-state index contributed by atoms with van der Waals surface area (Å²) in [5, 5.41) is 11.1. The van der Waals surface area contributed by atoms with Crippen molar-refractivity contribution in [1.29, 1.82) is 0 Å². The van der Waals surface area contributed by atoms with Crippen LogP contribution in [0.4, 0.5) is 5.69 Å². The highest BCUT2D eigenvalue weighted by atomic mass is 35.5. The fourth-order valence-electron chi connectivity index (χ4n) is 1.80. The third-order valence-corrected chi connectivity index (χ3v) is 3.39. The Kier molecular flexibility index (Phi) is 5.91. The maximum atomic E-state index is 11.9. The summed E-state index contributed by atoms with van der Waals surface area (Å²) in [6, 6.07) is 11.4. The Morgan fingerprint density at radius 2 is 1.68 bits per heavy atom. The number of halogens is 1. The van der Waals surface area contributed by atoms with E-state index in [0.717, 1.165) is 0 Å². The largest absolute Gasteiger partial charge is 0.481 e. The highest BCUT2D eigenvalue weighted by Gasteiger charge is 2.16. The van der Waals surface area contributed by atoms with Crippen molar-refractivity contribution in [2.24, 2.45) is 0 Å². The van der Waals surface area contributed by atoms with Gasteiger partial charge in [-0.3, -0.25) is 30.6 Å². The summed E-state index contributed by atoms with van der Waals surface area (Å²) < 4.78 is 5.36. The number of nitrogens with zero attached hydrogens (tertiary/aromatic N) is 1. The lowest BCUT2D eigenvalue weighted by Crippen LogP contribution is -2.47. The summed E-state index contributed by atoms with van der Waals surface area (Å²) in [5.74, 6) is -0.800. The van der Waals surface area contributed by atoms with Gasteiger partial charge in [0.05, 0.1) is 4.92 Å². The van der Waals surface area contributed by atoms with Crippen molar-refractivity contribution in [2.75, 3.05) is 0 Å². The van der Waals surface area contributed by atoms with Gasteiger partial charge in [0.25, 0.3) is 17.5 Å². The van der Waals surface area contributed by atoms with E-state index in [1.807, 2.05) is 0 Å². The number of ether oxygens (including phenoxy) is 1. The summed E-state index contributed by atoms with van der Waals surface area (Å²) in [6.07, 6.45) is -0.924. The van der Waals surface area contributed by atoms with Crippen molar-refractivity contribution in [3.63, 3.8) is 0 Å². The maximum absolute atomic E-state index is 11.9. The Morgan fingerprint density at radius 3 is 2.24 bits per heavy atom. The van der Waals surface area contributed by atoms with Gasteiger partial charge in [-0.1, -0.05) is 11.6 Å². The number of carbonyl (C=O) groups is 2. The lowest BCUT2D eigenvalue weighted by molar-refractivity contribution is -0.384. The predicted molar refractivity (Wildman–Crippen MR) is 90.2 cm³/mol. The Labute approximate surface area is 147 Å². The number of hydrogen-bond donors (Lipinski definition) is 2. The van der Waals surface area contributed by atoms with Gasteiger partial charge in [-0.2, -0.15) is 0 Å². The number of rotatable bonds is 5. The van der Waals surface area contributed by atoms with Gasteiger partial charge in [0.15, 0.2) is 6.10 Å². The smallest absolute Gasteiger partial charge is 0.279 e. The van der Waals surface area contributed by atoms with Crippen molar-refractivity contribution in [1.82, 2.24) is 10.9 Å². The molecule has 0 bridgehead atoms. The standard InChI is InChI=1S/C16H14ClN3O5/c1-10(25-14-8-6-13(7-9-14)20(23)24)15(21)18-19-16(22)11-2-4-12(17)5-3-11/h2-10H,1H3,(H,18,21)(H,19,22). The van der Waals surface area contributed by atoms with Gasteiger partial charge in [-0.05, 0) is 43.3 Å². The Morgan fingerprint density at radius 1 is 1.08 bits per heavy atom. The first kappa shape index (κ1) is 18.2. The van der Waals surface area contributed by atoms with E-state index < -0.39 is 22.8 Å². The van der Waals surface area contributed by atoms with Crippen LogP contribution in [-0.4, -0.2) is 22.8 Å². The van der Waals surface area contributed by atoms with E-state index >= 15 is 0 Å². The molecule has 9 heteroatoms. The monoisotopic (exact) mass is 363 g/mol. The maximum Gasteiger partial charge on any atom is 0.279 e. The van der Waals surface area contributed by atoms with Crippen LogP contribution in [0.5, 0.6) is 5.75 Å². The van der Waals surface area contributed by atoms with Crippen molar-refractivity contribution >= 4 is 29.1 Å². The van der Waals surface area contributed by atoms with E-state index in [1.165, 1.54) is 43.3 Å². The summed E-state index contributed by atoms with van der Waals surface area (Å²) >= 11 is 5.73. The van der Waals surface area contributed by atoms with E-state index in [-0.39, 0.29) is 11.4 Å². The zero-order valence-corrected chi connectivity index (χ0v) is 13.8. The van der Waals surface area contributed by atoms with Gasteiger partial charge < -0.3 is 4.74 Å². The quantitative estimate of drug-likeness (QED) is 0.626. The Balaban J connectivity index is 1.86. The van der Waals surface area contributed by atoms with Gasteiger partial charge in [-0.25, -0.2) is 0 Å². The number of hydrazine groups is 1. The van der Waals surface area contributed by atoms with Gasteiger partial charge in [0.2, 0.25) is 0 Å². The molecule has 1 unspecified atom stereocenters. The van der Waals surface area contributed by atoms with E-state index in [0.29, 0.717) is 10.6 Å². The van der Waals surface area contributed by atoms with Crippen LogP contribution in [0.3, 0.4) is 0 Å². The normalized spacial score (nSPS) is 11.3. The molecule has 1 atom stereocenters. The number of nitrogens with one attached hydrogen (secondary N) is 2. The minimum absolute atomic E-state index is 0.0836. The van der Waals surface area contributed by atoms with Crippen molar-refractivity contribution < 1.29 is 19.2 Å². The molecule has 2 rings (SSSR count). The number of carbonyl (C=O) groups excluding carboxylic acids is 2. The lowest BCUT2D eigenvalue weighted by Gasteiger charge is -2.15. The van der Waals surface area contributed by atoms with Crippen LogP contribution >= 0.6 is 11.6 Å². The molecule has 0 saturated heterocycles. The first-order chi connectivity index (χ1) is 11.9. The molecule has 0 radical (unpaired) electrons. The van der Waals surface area contributed by atoms with Crippen LogP contribution < -0.4 is 15.6 Å². The van der Waals surface area contributed by atoms with E-state index in [4.69, 9.17) is 16.3 Å². The molecule has 0 spiro atoms. The predicted octanol–water partition coefficient (Wildman–Crippen LogP) is 2.48. The molecule has 8 nitrogen and oxygen atoms in total. The van der Waals surface area contributed by atoms with Crippen LogP contribution in [0, 0.1) is 10.1 Å². The fourth-order valence-corrected chi connectivity index (χ4v) is 1.92. The number of amides is 2. The highest BCUT2D eigenvalue weighted by Crippen LogP contribution is 2.18. The van der Waals surface area contributed by atoms with Crippen LogP contribution in [-0.2, 0) is 4.79 Å². The van der Waals surface area contributed by atoms with E-state index in [9.17, 15) is 19.7 Å². The minimum atomic E-state index is -0.924. The summed E-state index contributed by atoms with van der Waals surface area (Å²) in [4.78, 5) is 33.8.